The lowest BCUT2D eigenvalue weighted by Crippen LogP contribution is -2.21. The van der Waals surface area contributed by atoms with Gasteiger partial charge in [-0.05, 0) is 53.5 Å². The zero-order valence-electron chi connectivity index (χ0n) is 10.8. The topological polar surface area (TPSA) is 30.5 Å². The van der Waals surface area contributed by atoms with E-state index in [2.05, 4.69) is 21.2 Å². The summed E-state index contributed by atoms with van der Waals surface area (Å²) in [7, 11) is 1.70. The van der Waals surface area contributed by atoms with Gasteiger partial charge in [0.1, 0.15) is 0 Å². The number of nitrogens with one attached hydrogen (secondary N) is 1. The number of ether oxygens (including phenoxy) is 2. The molecule has 1 aromatic carbocycles. The van der Waals surface area contributed by atoms with E-state index in [9.17, 15) is 0 Å². The van der Waals surface area contributed by atoms with E-state index in [0.29, 0.717) is 11.6 Å². The van der Waals surface area contributed by atoms with Crippen molar-refractivity contribution in [2.24, 2.45) is 0 Å². The molecule has 102 valence electrons. The van der Waals surface area contributed by atoms with Crippen LogP contribution in [0.25, 0.3) is 0 Å². The second-order valence-corrected chi connectivity index (χ2v) is 5.26. The molecule has 0 heterocycles. The Morgan fingerprint density at radius 1 is 1.28 bits per heavy atom. The molecule has 1 N–H and O–H groups in total. The van der Waals surface area contributed by atoms with E-state index in [-0.39, 0.29) is 0 Å². The smallest absolute Gasteiger partial charge is 0.152 e. The molecule has 1 rings (SSSR count). The third-order valence-corrected chi connectivity index (χ3v) is 3.24. The lowest BCUT2D eigenvalue weighted by molar-refractivity contribution is 0.198. The fraction of sp³-hybridized carbons (Fsp3) is 0.538. The molecule has 18 heavy (non-hydrogen) atoms. The molecule has 3 nitrogen and oxygen atoms in total. The first-order chi connectivity index (χ1) is 8.65. The van der Waals surface area contributed by atoms with Gasteiger partial charge in [0.25, 0.3) is 0 Å². The molecule has 0 saturated heterocycles. The summed E-state index contributed by atoms with van der Waals surface area (Å²) in [5.41, 5.74) is 1.11. The maximum Gasteiger partial charge on any atom is 0.152 e. The van der Waals surface area contributed by atoms with E-state index in [1.807, 2.05) is 19.1 Å². The fourth-order valence-electron chi connectivity index (χ4n) is 1.50. The average Bonchev–Trinajstić information content (AvgIpc) is 2.30. The van der Waals surface area contributed by atoms with E-state index in [1.54, 1.807) is 7.11 Å². The molecule has 0 aliphatic heterocycles. The molecule has 0 spiro atoms. The van der Waals surface area contributed by atoms with Crippen molar-refractivity contribution in [2.45, 2.75) is 13.3 Å². The van der Waals surface area contributed by atoms with Gasteiger partial charge in [0.05, 0.1) is 22.7 Å². The number of benzene rings is 1. The monoisotopic (exact) mass is 335 g/mol. The van der Waals surface area contributed by atoms with Crippen molar-refractivity contribution < 1.29 is 9.47 Å². The van der Waals surface area contributed by atoms with Gasteiger partial charge in [-0.1, -0.05) is 11.6 Å². The minimum absolute atomic E-state index is 0.640. The Labute approximate surface area is 122 Å². The van der Waals surface area contributed by atoms with E-state index < -0.39 is 0 Å². The van der Waals surface area contributed by atoms with Crippen LogP contribution >= 0.6 is 27.5 Å². The molecule has 0 unspecified atom stereocenters. The molecule has 0 atom stereocenters. The second kappa shape index (κ2) is 8.75. The molecule has 0 bridgehead atoms. The summed E-state index contributed by atoms with van der Waals surface area (Å²) in [6.07, 6.45) is 0.931. The molecule has 1 aromatic rings. The zero-order valence-corrected chi connectivity index (χ0v) is 13.1. The molecule has 5 heteroatoms. The summed E-state index contributed by atoms with van der Waals surface area (Å²) in [5.74, 6) is 0.721. The van der Waals surface area contributed by atoms with Crippen molar-refractivity contribution in [2.75, 3.05) is 33.4 Å². The van der Waals surface area contributed by atoms with Crippen LogP contribution in [-0.4, -0.2) is 33.4 Å². The summed E-state index contributed by atoms with van der Waals surface area (Å²) in [5, 5.41) is 3.91. The number of aryl methyl sites for hydroxylation is 1. The van der Waals surface area contributed by atoms with Crippen molar-refractivity contribution in [3.63, 3.8) is 0 Å². The molecule has 0 radical (unpaired) electrons. The summed E-state index contributed by atoms with van der Waals surface area (Å²) < 4.78 is 11.5. The number of hydrogen-bond acceptors (Lipinski definition) is 3. The number of hydrogen-bond donors (Lipinski definition) is 1. The first kappa shape index (κ1) is 15.8. The van der Waals surface area contributed by atoms with Crippen LogP contribution in [0.1, 0.15) is 12.0 Å². The third kappa shape index (κ3) is 5.57. The maximum atomic E-state index is 6.13. The van der Waals surface area contributed by atoms with Crippen molar-refractivity contribution in [1.82, 2.24) is 5.32 Å². The fourth-order valence-corrected chi connectivity index (χ4v) is 2.63. The molecule has 0 amide bonds. The molecule has 0 fully saturated rings. The quantitative estimate of drug-likeness (QED) is 0.738. The van der Waals surface area contributed by atoms with E-state index >= 15 is 0 Å². The average molecular weight is 337 g/mol. The first-order valence-corrected chi connectivity index (χ1v) is 7.10. The zero-order chi connectivity index (χ0) is 13.4. The minimum atomic E-state index is 0.640. The SMILES string of the molecule is COCCNCCCOc1c(Cl)cc(C)cc1Br. The van der Waals surface area contributed by atoms with Gasteiger partial charge in [-0.2, -0.15) is 0 Å². The van der Waals surface area contributed by atoms with Gasteiger partial charge in [-0.15, -0.1) is 0 Å². The Kier molecular flexibility index (Phi) is 7.66. The first-order valence-electron chi connectivity index (χ1n) is 5.93. The maximum absolute atomic E-state index is 6.13. The van der Waals surface area contributed by atoms with Crippen molar-refractivity contribution in [3.8, 4) is 5.75 Å². The van der Waals surface area contributed by atoms with E-state index in [1.165, 1.54) is 0 Å². The molecule has 0 aliphatic carbocycles. The van der Waals surface area contributed by atoms with Crippen LogP contribution in [-0.2, 0) is 4.74 Å². The predicted molar refractivity (Wildman–Crippen MR) is 78.7 cm³/mol. The van der Waals surface area contributed by atoms with Crippen LogP contribution in [0, 0.1) is 6.92 Å². The molecule has 0 saturated carbocycles. The summed E-state index contributed by atoms with van der Waals surface area (Å²) in [6, 6.07) is 3.90. The third-order valence-electron chi connectivity index (χ3n) is 2.37. The van der Waals surface area contributed by atoms with Crippen LogP contribution < -0.4 is 10.1 Å². The minimum Gasteiger partial charge on any atom is -0.491 e. The van der Waals surface area contributed by atoms with E-state index in [4.69, 9.17) is 21.1 Å². The Balaban J connectivity index is 2.27. The van der Waals surface area contributed by atoms with Crippen LogP contribution in [0.3, 0.4) is 0 Å². The molecule has 0 aliphatic rings. The van der Waals surface area contributed by atoms with Gasteiger partial charge < -0.3 is 14.8 Å². The molecular formula is C13H19BrClNO2. The van der Waals surface area contributed by atoms with Crippen LogP contribution in [0.15, 0.2) is 16.6 Å². The lowest BCUT2D eigenvalue weighted by atomic mass is 10.2. The van der Waals surface area contributed by atoms with Crippen molar-refractivity contribution >= 4 is 27.5 Å². The standard InChI is InChI=1S/C13H19BrClNO2/c1-10-8-11(14)13(12(15)9-10)18-6-3-4-16-5-7-17-2/h8-9,16H,3-7H2,1-2H3. The number of methoxy groups -OCH3 is 1. The molecule has 0 aromatic heterocycles. The number of halogens is 2. The van der Waals surface area contributed by atoms with Crippen molar-refractivity contribution in [3.05, 3.63) is 27.2 Å². The van der Waals surface area contributed by atoms with Crippen LogP contribution in [0.5, 0.6) is 5.75 Å². The van der Waals surface area contributed by atoms with Gasteiger partial charge in [0, 0.05) is 13.7 Å². The normalized spacial score (nSPS) is 10.7. The summed E-state index contributed by atoms with van der Waals surface area (Å²) >= 11 is 9.59. The van der Waals surface area contributed by atoms with Gasteiger partial charge in [0.15, 0.2) is 5.75 Å². The van der Waals surface area contributed by atoms with Gasteiger partial charge >= 0.3 is 0 Å². The Bertz CT molecular complexity index is 351. The highest BCUT2D eigenvalue weighted by Crippen LogP contribution is 2.34. The highest BCUT2D eigenvalue weighted by molar-refractivity contribution is 9.10. The number of rotatable bonds is 8. The lowest BCUT2D eigenvalue weighted by Gasteiger charge is -2.11. The van der Waals surface area contributed by atoms with E-state index in [0.717, 1.165) is 41.9 Å². The van der Waals surface area contributed by atoms with Crippen LogP contribution in [0.4, 0.5) is 0 Å². The van der Waals surface area contributed by atoms with Gasteiger partial charge in [-0.25, -0.2) is 0 Å². The van der Waals surface area contributed by atoms with Crippen LogP contribution in [0.2, 0.25) is 5.02 Å². The summed E-state index contributed by atoms with van der Waals surface area (Å²) in [4.78, 5) is 0. The highest BCUT2D eigenvalue weighted by Gasteiger charge is 2.07. The van der Waals surface area contributed by atoms with Gasteiger partial charge in [-0.3, -0.25) is 0 Å². The summed E-state index contributed by atoms with van der Waals surface area (Å²) in [6.45, 7) is 5.15. The Morgan fingerprint density at radius 2 is 2.06 bits per heavy atom. The second-order valence-electron chi connectivity index (χ2n) is 4.00. The van der Waals surface area contributed by atoms with Crippen molar-refractivity contribution in [1.29, 1.82) is 0 Å². The van der Waals surface area contributed by atoms with Gasteiger partial charge in [0.2, 0.25) is 0 Å². The molecular weight excluding hydrogens is 318 g/mol. The highest BCUT2D eigenvalue weighted by atomic mass is 79.9. The Hall–Kier alpha value is -0.290. The predicted octanol–water partition coefficient (Wildman–Crippen LogP) is 3.42. The Morgan fingerprint density at radius 3 is 2.72 bits per heavy atom. The largest absolute Gasteiger partial charge is 0.491 e.